The molecule has 0 aliphatic heterocycles. The molecule has 0 aliphatic carbocycles. The predicted octanol–water partition coefficient (Wildman–Crippen LogP) is 2.83. The minimum Gasteiger partial charge on any atom is -0.380 e. The van der Waals surface area contributed by atoms with Gasteiger partial charge < -0.3 is 10.6 Å². The van der Waals surface area contributed by atoms with Crippen LogP contribution in [0.2, 0.25) is 0 Å². The van der Waals surface area contributed by atoms with E-state index in [-0.39, 0.29) is 17.1 Å². The number of amidine groups is 1. The highest BCUT2D eigenvalue weighted by atomic mass is 79.9. The molecule has 0 radical (unpaired) electrons. The molecule has 0 saturated heterocycles. The number of nitro groups is 1. The van der Waals surface area contributed by atoms with Gasteiger partial charge in [0.15, 0.2) is 5.84 Å². The summed E-state index contributed by atoms with van der Waals surface area (Å²) in [6.45, 7) is 0. The lowest BCUT2D eigenvalue weighted by atomic mass is 10.2. The van der Waals surface area contributed by atoms with E-state index >= 15 is 0 Å². The van der Waals surface area contributed by atoms with E-state index in [2.05, 4.69) is 21.1 Å². The van der Waals surface area contributed by atoms with Gasteiger partial charge in [0.25, 0.3) is 5.69 Å². The van der Waals surface area contributed by atoms with Gasteiger partial charge in [-0.15, -0.1) is 0 Å². The molecule has 22 heavy (non-hydrogen) atoms. The first-order valence-corrected chi connectivity index (χ1v) is 6.82. The lowest BCUT2D eigenvalue weighted by Crippen LogP contribution is -2.15. The van der Waals surface area contributed by atoms with Gasteiger partial charge >= 0.3 is 5.97 Å². The molecule has 2 aromatic carbocycles. The van der Waals surface area contributed by atoms with Crippen LogP contribution in [0.15, 0.2) is 58.2 Å². The molecule has 0 amide bonds. The van der Waals surface area contributed by atoms with E-state index in [4.69, 9.17) is 10.6 Å². The SMILES string of the molecule is NC(=NOC(=O)c1ccc([N+](=O)[O-])cc1)c1ccc(Br)cc1. The van der Waals surface area contributed by atoms with Crippen LogP contribution in [-0.2, 0) is 4.84 Å². The minimum absolute atomic E-state index is 0.0442. The Hall–Kier alpha value is -2.74. The fourth-order valence-corrected chi connectivity index (χ4v) is 1.80. The normalized spacial score (nSPS) is 11.0. The molecule has 112 valence electrons. The van der Waals surface area contributed by atoms with Crippen molar-refractivity contribution in [3.8, 4) is 0 Å². The second-order valence-corrected chi connectivity index (χ2v) is 5.08. The number of nitrogens with two attached hydrogens (primary N) is 1. The van der Waals surface area contributed by atoms with Crippen LogP contribution in [0.1, 0.15) is 15.9 Å². The molecule has 0 aromatic heterocycles. The molecule has 0 atom stereocenters. The van der Waals surface area contributed by atoms with Crippen molar-refractivity contribution < 1.29 is 14.6 Å². The van der Waals surface area contributed by atoms with Gasteiger partial charge in [-0.05, 0) is 24.3 Å². The Balaban J connectivity index is 2.06. The number of nitrogens with zero attached hydrogens (tertiary/aromatic N) is 2. The fourth-order valence-electron chi connectivity index (χ4n) is 1.54. The molecule has 0 saturated carbocycles. The number of carbonyl (C=O) groups excluding carboxylic acids is 1. The number of benzene rings is 2. The van der Waals surface area contributed by atoms with E-state index in [1.165, 1.54) is 24.3 Å². The van der Waals surface area contributed by atoms with Crippen LogP contribution in [0.25, 0.3) is 0 Å². The predicted molar refractivity (Wildman–Crippen MR) is 83.4 cm³/mol. The zero-order valence-electron chi connectivity index (χ0n) is 11.1. The summed E-state index contributed by atoms with van der Waals surface area (Å²) in [6, 6.07) is 11.9. The van der Waals surface area contributed by atoms with E-state index in [9.17, 15) is 14.9 Å². The van der Waals surface area contributed by atoms with Crippen LogP contribution in [0, 0.1) is 10.1 Å². The Labute approximate surface area is 133 Å². The number of halogens is 1. The molecule has 0 aliphatic rings. The van der Waals surface area contributed by atoms with Gasteiger partial charge in [0.2, 0.25) is 0 Å². The summed E-state index contributed by atoms with van der Waals surface area (Å²) in [5.41, 5.74) is 6.32. The number of oxime groups is 1. The zero-order chi connectivity index (χ0) is 16.1. The lowest BCUT2D eigenvalue weighted by Gasteiger charge is -2.01. The van der Waals surface area contributed by atoms with Gasteiger partial charge in [-0.1, -0.05) is 33.2 Å². The summed E-state index contributed by atoms with van der Waals surface area (Å²) in [6.07, 6.45) is 0. The number of nitro benzene ring substituents is 1. The first-order chi connectivity index (χ1) is 10.5. The first-order valence-electron chi connectivity index (χ1n) is 6.02. The maximum absolute atomic E-state index is 11.8. The molecule has 2 rings (SSSR count). The number of rotatable bonds is 4. The minimum atomic E-state index is -0.755. The Morgan fingerprint density at radius 1 is 1.09 bits per heavy atom. The molecule has 0 unspecified atom stereocenters. The zero-order valence-corrected chi connectivity index (χ0v) is 12.7. The maximum atomic E-state index is 11.8. The van der Waals surface area contributed by atoms with E-state index < -0.39 is 10.9 Å². The van der Waals surface area contributed by atoms with E-state index in [0.717, 1.165) is 4.47 Å². The van der Waals surface area contributed by atoms with Crippen LogP contribution in [0.3, 0.4) is 0 Å². The van der Waals surface area contributed by atoms with Crippen LogP contribution < -0.4 is 5.73 Å². The van der Waals surface area contributed by atoms with E-state index in [1.807, 2.05) is 0 Å². The van der Waals surface area contributed by atoms with Crippen molar-refractivity contribution >= 4 is 33.4 Å². The summed E-state index contributed by atoms with van der Waals surface area (Å²) in [5.74, 6) is -0.710. The third-order valence-electron chi connectivity index (χ3n) is 2.68. The molecule has 8 heteroatoms. The first kappa shape index (κ1) is 15.6. The van der Waals surface area contributed by atoms with E-state index in [1.54, 1.807) is 24.3 Å². The van der Waals surface area contributed by atoms with Gasteiger partial charge in [-0.3, -0.25) is 10.1 Å². The highest BCUT2D eigenvalue weighted by Gasteiger charge is 2.11. The smallest absolute Gasteiger partial charge is 0.365 e. The van der Waals surface area contributed by atoms with Crippen molar-refractivity contribution in [1.82, 2.24) is 0 Å². The molecule has 2 N–H and O–H groups in total. The van der Waals surface area contributed by atoms with Crippen molar-refractivity contribution in [3.63, 3.8) is 0 Å². The van der Waals surface area contributed by atoms with Gasteiger partial charge in [-0.2, -0.15) is 0 Å². The molecule has 0 heterocycles. The summed E-state index contributed by atoms with van der Waals surface area (Å²) in [4.78, 5) is 26.4. The van der Waals surface area contributed by atoms with Gasteiger partial charge in [0.05, 0.1) is 10.5 Å². The molecule has 7 nitrogen and oxygen atoms in total. The number of hydrogen-bond acceptors (Lipinski definition) is 5. The van der Waals surface area contributed by atoms with Crippen molar-refractivity contribution in [3.05, 3.63) is 74.2 Å². The van der Waals surface area contributed by atoms with Gasteiger partial charge in [0, 0.05) is 22.2 Å². The summed E-state index contributed by atoms with van der Waals surface area (Å²) in [7, 11) is 0. The summed E-state index contributed by atoms with van der Waals surface area (Å²) < 4.78 is 0.881. The monoisotopic (exact) mass is 363 g/mol. The summed E-state index contributed by atoms with van der Waals surface area (Å²) in [5, 5.41) is 14.1. The average Bonchev–Trinajstić information content (AvgIpc) is 2.53. The Kier molecular flexibility index (Phi) is 4.84. The van der Waals surface area contributed by atoms with Crippen molar-refractivity contribution in [2.45, 2.75) is 0 Å². The molecule has 0 fully saturated rings. The van der Waals surface area contributed by atoms with Crippen molar-refractivity contribution in [2.24, 2.45) is 10.9 Å². The van der Waals surface area contributed by atoms with Gasteiger partial charge in [-0.25, -0.2) is 4.79 Å². The highest BCUT2D eigenvalue weighted by Crippen LogP contribution is 2.13. The quantitative estimate of drug-likeness (QED) is 0.295. The second-order valence-electron chi connectivity index (χ2n) is 4.17. The molecular weight excluding hydrogens is 354 g/mol. The van der Waals surface area contributed by atoms with Gasteiger partial charge in [0.1, 0.15) is 0 Å². The van der Waals surface area contributed by atoms with Crippen LogP contribution in [0.5, 0.6) is 0 Å². The molecule has 0 spiro atoms. The Morgan fingerprint density at radius 3 is 2.18 bits per heavy atom. The lowest BCUT2D eigenvalue weighted by molar-refractivity contribution is -0.384. The third kappa shape index (κ3) is 3.89. The van der Waals surface area contributed by atoms with Crippen LogP contribution >= 0.6 is 15.9 Å². The maximum Gasteiger partial charge on any atom is 0.365 e. The standard InChI is InChI=1S/C14H10BrN3O4/c15-11-5-1-9(2-6-11)13(16)17-22-14(19)10-3-7-12(8-4-10)18(20)21/h1-8H,(H2,16,17). The topological polar surface area (TPSA) is 108 Å². The number of hydrogen-bond donors (Lipinski definition) is 1. The molecule has 2 aromatic rings. The highest BCUT2D eigenvalue weighted by molar-refractivity contribution is 9.10. The van der Waals surface area contributed by atoms with Crippen molar-refractivity contribution in [1.29, 1.82) is 0 Å². The third-order valence-corrected chi connectivity index (χ3v) is 3.21. The summed E-state index contributed by atoms with van der Waals surface area (Å²) >= 11 is 3.29. The van der Waals surface area contributed by atoms with Crippen molar-refractivity contribution in [2.75, 3.05) is 0 Å². The average molecular weight is 364 g/mol. The largest absolute Gasteiger partial charge is 0.380 e. The number of carbonyl (C=O) groups is 1. The Bertz CT molecular complexity index is 727. The van der Waals surface area contributed by atoms with Crippen LogP contribution in [0.4, 0.5) is 5.69 Å². The second kappa shape index (κ2) is 6.81. The molecular formula is C14H10BrN3O4. The van der Waals surface area contributed by atoms with E-state index in [0.29, 0.717) is 5.56 Å². The fraction of sp³-hybridized carbons (Fsp3) is 0. The number of non-ortho nitro benzene ring substituents is 1. The van der Waals surface area contributed by atoms with Crippen LogP contribution in [-0.4, -0.2) is 16.7 Å². The molecule has 0 bridgehead atoms. The Morgan fingerprint density at radius 2 is 1.64 bits per heavy atom.